The Morgan fingerprint density at radius 3 is 2.54 bits per heavy atom. The highest BCUT2D eigenvalue weighted by atomic mass is 16.6. The van der Waals surface area contributed by atoms with Crippen LogP contribution >= 0.6 is 0 Å². The van der Waals surface area contributed by atoms with Gasteiger partial charge in [0.2, 0.25) is 5.91 Å². The van der Waals surface area contributed by atoms with Crippen molar-refractivity contribution in [3.63, 3.8) is 0 Å². The first-order valence-electron chi connectivity index (χ1n) is 8.30. The maximum Gasteiger partial charge on any atom is 0.410 e. The molecule has 0 aliphatic carbocycles. The maximum absolute atomic E-state index is 12.2. The van der Waals surface area contributed by atoms with Crippen molar-refractivity contribution < 1.29 is 23.9 Å². The van der Waals surface area contributed by atoms with Crippen LogP contribution in [0.5, 0.6) is 0 Å². The van der Waals surface area contributed by atoms with Gasteiger partial charge in [-0.2, -0.15) is 0 Å². The van der Waals surface area contributed by atoms with Crippen LogP contribution in [0, 0.1) is 0 Å². The molecule has 8 nitrogen and oxygen atoms in total. The lowest BCUT2D eigenvalue weighted by molar-refractivity contribution is -0.150. The number of likely N-dealkylation sites (tertiary alicyclic amines) is 1. The highest BCUT2D eigenvalue weighted by Crippen LogP contribution is 2.33. The zero-order valence-corrected chi connectivity index (χ0v) is 14.9. The van der Waals surface area contributed by atoms with Gasteiger partial charge in [0.05, 0.1) is 18.7 Å². The Morgan fingerprint density at radius 1 is 1.29 bits per heavy atom. The van der Waals surface area contributed by atoms with Crippen LogP contribution in [0.1, 0.15) is 34.1 Å². The van der Waals surface area contributed by atoms with Crippen LogP contribution in [0.3, 0.4) is 0 Å². The van der Waals surface area contributed by atoms with E-state index in [2.05, 4.69) is 5.32 Å². The number of nitrogens with one attached hydrogen (secondary N) is 1. The van der Waals surface area contributed by atoms with E-state index in [0.717, 1.165) is 0 Å². The van der Waals surface area contributed by atoms with E-state index in [-0.39, 0.29) is 24.8 Å². The molecule has 2 heterocycles. The normalized spacial score (nSPS) is 20.8. The van der Waals surface area contributed by atoms with Gasteiger partial charge in [-0.25, -0.2) is 4.79 Å². The Balaban J connectivity index is 2.05. The number of nitrogens with zero attached hydrogens (tertiary/aromatic N) is 2. The van der Waals surface area contributed by atoms with Crippen molar-refractivity contribution in [3.8, 4) is 0 Å². The summed E-state index contributed by atoms with van der Waals surface area (Å²) in [5.74, 6) is -0.382. The van der Waals surface area contributed by atoms with Crippen LogP contribution in [-0.2, 0) is 19.1 Å². The van der Waals surface area contributed by atoms with Gasteiger partial charge in [-0.3, -0.25) is 14.5 Å². The van der Waals surface area contributed by atoms with Crippen molar-refractivity contribution in [2.24, 2.45) is 0 Å². The predicted octanol–water partition coefficient (Wildman–Crippen LogP) is 0.361. The minimum absolute atomic E-state index is 0.0646. The highest BCUT2D eigenvalue weighted by Gasteiger charge is 2.52. The molecule has 2 fully saturated rings. The summed E-state index contributed by atoms with van der Waals surface area (Å²) in [7, 11) is 0. The molecule has 0 bridgehead atoms. The van der Waals surface area contributed by atoms with Gasteiger partial charge in [-0.05, 0) is 27.7 Å². The average Bonchev–Trinajstić information content (AvgIpc) is 2.54. The van der Waals surface area contributed by atoms with Gasteiger partial charge in [0.15, 0.2) is 0 Å². The summed E-state index contributed by atoms with van der Waals surface area (Å²) in [4.78, 5) is 39.5. The van der Waals surface area contributed by atoms with E-state index in [9.17, 15) is 14.4 Å². The standard InChI is InChI=1S/C16H27N3O5/c1-5-23-13(21)9-19-7-6-17-12(20)8-16(19)10-18(11-16)14(22)24-15(2,3)4/h5-11H2,1-4H3,(H,17,20). The number of amides is 2. The van der Waals surface area contributed by atoms with Gasteiger partial charge in [0.1, 0.15) is 5.60 Å². The highest BCUT2D eigenvalue weighted by molar-refractivity contribution is 5.79. The summed E-state index contributed by atoms with van der Waals surface area (Å²) >= 11 is 0. The fourth-order valence-electron chi connectivity index (χ4n) is 3.08. The van der Waals surface area contributed by atoms with Crippen LogP contribution in [-0.4, -0.2) is 78.2 Å². The van der Waals surface area contributed by atoms with Crippen LogP contribution in [0.25, 0.3) is 0 Å². The molecule has 8 heteroatoms. The van der Waals surface area contributed by atoms with Crippen molar-refractivity contribution >= 4 is 18.0 Å². The molecule has 2 aliphatic rings. The molecule has 0 radical (unpaired) electrons. The molecule has 0 atom stereocenters. The van der Waals surface area contributed by atoms with Crippen LogP contribution in [0.15, 0.2) is 0 Å². The molecular weight excluding hydrogens is 314 g/mol. The molecule has 24 heavy (non-hydrogen) atoms. The number of carbonyl (C=O) groups is 3. The Kier molecular flexibility index (Phi) is 5.37. The molecule has 0 aromatic rings. The van der Waals surface area contributed by atoms with Gasteiger partial charge in [0.25, 0.3) is 0 Å². The summed E-state index contributed by atoms with van der Waals surface area (Å²) in [6.07, 6.45) is -0.139. The molecule has 2 rings (SSSR count). The van der Waals surface area contributed by atoms with E-state index in [4.69, 9.17) is 9.47 Å². The molecule has 136 valence electrons. The van der Waals surface area contributed by atoms with Crippen molar-refractivity contribution in [2.45, 2.75) is 45.3 Å². The van der Waals surface area contributed by atoms with Crippen molar-refractivity contribution in [1.29, 1.82) is 0 Å². The lowest BCUT2D eigenvalue weighted by Crippen LogP contribution is -2.72. The number of carbonyl (C=O) groups excluding carboxylic acids is 3. The number of rotatable bonds is 3. The second-order valence-electron chi connectivity index (χ2n) is 7.31. The summed E-state index contributed by atoms with van der Waals surface area (Å²) in [5, 5.41) is 2.82. The molecule has 0 aromatic heterocycles. The first-order valence-corrected chi connectivity index (χ1v) is 8.30. The van der Waals surface area contributed by atoms with Gasteiger partial charge in [0, 0.05) is 32.6 Å². The Labute approximate surface area is 142 Å². The lowest BCUT2D eigenvalue weighted by atomic mass is 9.84. The molecule has 0 saturated carbocycles. The topological polar surface area (TPSA) is 88.2 Å². The van der Waals surface area contributed by atoms with Crippen LogP contribution < -0.4 is 5.32 Å². The monoisotopic (exact) mass is 341 g/mol. The van der Waals surface area contributed by atoms with E-state index >= 15 is 0 Å². The minimum atomic E-state index is -0.564. The van der Waals surface area contributed by atoms with Crippen molar-refractivity contribution in [3.05, 3.63) is 0 Å². The number of hydrogen-bond acceptors (Lipinski definition) is 6. The van der Waals surface area contributed by atoms with E-state index < -0.39 is 17.2 Å². The molecule has 1 spiro atoms. The third-order valence-corrected chi connectivity index (χ3v) is 4.11. The quantitative estimate of drug-likeness (QED) is 0.746. The molecule has 2 amide bonds. The maximum atomic E-state index is 12.2. The second-order valence-corrected chi connectivity index (χ2v) is 7.31. The Hall–Kier alpha value is -1.83. The van der Waals surface area contributed by atoms with E-state index in [0.29, 0.717) is 32.8 Å². The van der Waals surface area contributed by atoms with Crippen LogP contribution in [0.2, 0.25) is 0 Å². The smallest absolute Gasteiger partial charge is 0.410 e. The third-order valence-electron chi connectivity index (χ3n) is 4.11. The fourth-order valence-corrected chi connectivity index (χ4v) is 3.08. The molecule has 0 aromatic carbocycles. The molecule has 1 N–H and O–H groups in total. The summed E-state index contributed by atoms with van der Waals surface area (Å²) < 4.78 is 10.4. The SMILES string of the molecule is CCOC(=O)CN1CCNC(=O)CC12CN(C(=O)OC(C)(C)C)C2. The summed E-state index contributed by atoms with van der Waals surface area (Å²) in [6.45, 7) is 9.40. The third kappa shape index (κ3) is 4.37. The number of ether oxygens (including phenoxy) is 2. The predicted molar refractivity (Wildman–Crippen MR) is 86.4 cm³/mol. The zero-order chi connectivity index (χ0) is 18.0. The largest absolute Gasteiger partial charge is 0.465 e. The zero-order valence-electron chi connectivity index (χ0n) is 14.9. The second kappa shape index (κ2) is 6.96. The van der Waals surface area contributed by atoms with E-state index in [1.165, 1.54) is 0 Å². The summed E-state index contributed by atoms with van der Waals surface area (Å²) in [5.41, 5.74) is -1.09. The molecule has 2 aliphatic heterocycles. The fraction of sp³-hybridized carbons (Fsp3) is 0.812. The first kappa shape index (κ1) is 18.5. The van der Waals surface area contributed by atoms with Gasteiger partial charge in [-0.15, -0.1) is 0 Å². The lowest BCUT2D eigenvalue weighted by Gasteiger charge is -2.54. The average molecular weight is 341 g/mol. The van der Waals surface area contributed by atoms with Gasteiger partial charge in [-0.1, -0.05) is 0 Å². The summed E-state index contributed by atoms with van der Waals surface area (Å²) in [6, 6.07) is 0. The minimum Gasteiger partial charge on any atom is -0.465 e. The Morgan fingerprint density at radius 2 is 1.96 bits per heavy atom. The van der Waals surface area contributed by atoms with Gasteiger partial charge >= 0.3 is 12.1 Å². The first-order chi connectivity index (χ1) is 11.1. The van der Waals surface area contributed by atoms with Crippen LogP contribution in [0.4, 0.5) is 4.79 Å². The Bertz CT molecular complexity index is 508. The molecule has 0 unspecified atom stereocenters. The van der Waals surface area contributed by atoms with E-state index in [1.807, 2.05) is 25.7 Å². The van der Waals surface area contributed by atoms with Crippen molar-refractivity contribution in [2.75, 3.05) is 39.3 Å². The number of hydrogen-bond donors (Lipinski definition) is 1. The van der Waals surface area contributed by atoms with Crippen molar-refractivity contribution in [1.82, 2.24) is 15.1 Å². The molecular formula is C16H27N3O5. The van der Waals surface area contributed by atoms with E-state index in [1.54, 1.807) is 11.8 Å². The number of esters is 1. The molecule has 2 saturated heterocycles. The van der Waals surface area contributed by atoms with Gasteiger partial charge < -0.3 is 19.7 Å².